The first kappa shape index (κ1) is 22.1. The molecule has 3 aromatic carbocycles. The minimum absolute atomic E-state index is 0.0228. The fraction of sp³-hybridized carbons (Fsp3) is 0.0714. The van der Waals surface area contributed by atoms with Crippen molar-refractivity contribution in [2.75, 3.05) is 5.32 Å². The predicted octanol–water partition coefficient (Wildman–Crippen LogP) is 6.96. The number of benzene rings is 3. The average molecular weight is 452 g/mol. The van der Waals surface area contributed by atoms with Crippen LogP contribution in [0.15, 0.2) is 90.5 Å². The quantitative estimate of drug-likeness (QED) is 0.263. The predicted molar refractivity (Wildman–Crippen MR) is 134 cm³/mol. The maximum Gasteiger partial charge on any atom is 0.266 e. The average Bonchev–Trinajstić information content (AvgIpc) is 3.10. The number of halogens is 1. The van der Waals surface area contributed by atoms with Crippen molar-refractivity contribution in [3.63, 3.8) is 0 Å². The summed E-state index contributed by atoms with van der Waals surface area (Å²) in [4.78, 5) is 12.7. The Labute approximate surface area is 198 Å². The van der Waals surface area contributed by atoms with Crippen molar-refractivity contribution in [3.8, 4) is 22.9 Å². The largest absolute Gasteiger partial charge is 0.321 e. The van der Waals surface area contributed by atoms with Crippen LogP contribution in [-0.2, 0) is 4.79 Å². The molecule has 0 aliphatic carbocycles. The number of nitriles is 1. The van der Waals surface area contributed by atoms with Gasteiger partial charge in [-0.25, -0.2) is 0 Å². The Balaban J connectivity index is 1.62. The van der Waals surface area contributed by atoms with Gasteiger partial charge in [0.25, 0.3) is 5.91 Å². The molecule has 4 aromatic rings. The Kier molecular flexibility index (Phi) is 6.44. The molecule has 4 nitrogen and oxygen atoms in total. The molecular formula is C28H22ClN3O. The second-order valence-electron chi connectivity index (χ2n) is 7.71. The van der Waals surface area contributed by atoms with Crippen LogP contribution in [0.2, 0.25) is 5.02 Å². The molecule has 0 aliphatic rings. The van der Waals surface area contributed by atoms with Gasteiger partial charge in [-0.05, 0) is 73.0 Å². The molecule has 1 heterocycles. The van der Waals surface area contributed by atoms with Gasteiger partial charge in [-0.1, -0.05) is 60.1 Å². The van der Waals surface area contributed by atoms with Gasteiger partial charge in [-0.3, -0.25) is 4.79 Å². The third-order valence-electron chi connectivity index (χ3n) is 5.45. The van der Waals surface area contributed by atoms with Gasteiger partial charge in [0.1, 0.15) is 11.6 Å². The summed E-state index contributed by atoms with van der Waals surface area (Å²) in [7, 11) is 0. The van der Waals surface area contributed by atoms with E-state index >= 15 is 0 Å². The van der Waals surface area contributed by atoms with Crippen molar-refractivity contribution in [1.82, 2.24) is 4.57 Å². The second-order valence-corrected chi connectivity index (χ2v) is 8.15. The van der Waals surface area contributed by atoms with Crippen LogP contribution in [0.25, 0.3) is 22.9 Å². The van der Waals surface area contributed by atoms with Gasteiger partial charge in [0.15, 0.2) is 0 Å². The lowest BCUT2D eigenvalue weighted by Crippen LogP contribution is -2.13. The minimum atomic E-state index is -0.475. The molecule has 0 unspecified atom stereocenters. The van der Waals surface area contributed by atoms with Crippen molar-refractivity contribution >= 4 is 29.3 Å². The molecule has 0 radical (unpaired) electrons. The summed E-state index contributed by atoms with van der Waals surface area (Å²) < 4.78 is 2.12. The van der Waals surface area contributed by atoms with Crippen molar-refractivity contribution in [1.29, 1.82) is 5.26 Å². The molecule has 0 spiro atoms. The fourth-order valence-corrected chi connectivity index (χ4v) is 4.02. The molecule has 0 atom stereocenters. The summed E-state index contributed by atoms with van der Waals surface area (Å²) >= 11 is 5.98. The lowest BCUT2D eigenvalue weighted by atomic mass is 10.1. The summed E-state index contributed by atoms with van der Waals surface area (Å²) in [6, 6.07) is 29.4. The number of amides is 1. The van der Waals surface area contributed by atoms with E-state index in [-0.39, 0.29) is 5.57 Å². The van der Waals surface area contributed by atoms with Crippen LogP contribution >= 0.6 is 11.6 Å². The molecule has 5 heteroatoms. The molecular weight excluding hydrogens is 430 g/mol. The topological polar surface area (TPSA) is 57.8 Å². The smallest absolute Gasteiger partial charge is 0.266 e. The van der Waals surface area contributed by atoms with Crippen LogP contribution < -0.4 is 5.32 Å². The van der Waals surface area contributed by atoms with Gasteiger partial charge < -0.3 is 9.88 Å². The molecule has 1 amide bonds. The summed E-state index contributed by atoms with van der Waals surface area (Å²) in [5.41, 5.74) is 6.67. The number of carbonyl (C=O) groups excluding carboxylic acids is 1. The van der Waals surface area contributed by atoms with Crippen LogP contribution in [0.3, 0.4) is 0 Å². The van der Waals surface area contributed by atoms with E-state index in [1.54, 1.807) is 30.3 Å². The molecule has 4 rings (SSSR count). The van der Waals surface area contributed by atoms with Gasteiger partial charge in [-0.2, -0.15) is 5.26 Å². The summed E-state index contributed by atoms with van der Waals surface area (Å²) in [6.45, 7) is 3.99. The van der Waals surface area contributed by atoms with E-state index in [4.69, 9.17) is 11.6 Å². The zero-order valence-electron chi connectivity index (χ0n) is 18.3. The van der Waals surface area contributed by atoms with Crippen LogP contribution in [0.1, 0.15) is 17.0 Å². The van der Waals surface area contributed by atoms with E-state index in [2.05, 4.69) is 46.3 Å². The second kappa shape index (κ2) is 9.60. The number of anilines is 1. The molecule has 1 N–H and O–H groups in total. The van der Waals surface area contributed by atoms with Crippen molar-refractivity contribution in [2.24, 2.45) is 0 Å². The zero-order chi connectivity index (χ0) is 23.4. The standard InChI is InChI=1S/C28H22ClN3O/c1-19-15-23(16-24(18-30)28(33)31-26-10-6-9-25(29)17-26)20(2)32(19)27-13-11-22(12-14-27)21-7-4-3-5-8-21/h3-17H,1-2H3,(H,31,33)/b24-16+. The molecule has 0 bridgehead atoms. The van der Waals surface area contributed by atoms with E-state index in [9.17, 15) is 10.1 Å². The maximum atomic E-state index is 12.7. The summed E-state index contributed by atoms with van der Waals surface area (Å²) in [5, 5.41) is 12.8. The third kappa shape index (κ3) is 4.90. The van der Waals surface area contributed by atoms with Gasteiger partial charge in [0, 0.05) is 27.8 Å². The van der Waals surface area contributed by atoms with Gasteiger partial charge in [-0.15, -0.1) is 0 Å². The van der Waals surface area contributed by atoms with Gasteiger partial charge in [0.2, 0.25) is 0 Å². The SMILES string of the molecule is Cc1cc(/C=C(\C#N)C(=O)Nc2cccc(Cl)c2)c(C)n1-c1ccc(-c2ccccc2)cc1. The summed E-state index contributed by atoms with van der Waals surface area (Å²) in [6.07, 6.45) is 1.62. The van der Waals surface area contributed by atoms with Crippen LogP contribution in [-0.4, -0.2) is 10.5 Å². The van der Waals surface area contributed by atoms with Crippen LogP contribution in [0.4, 0.5) is 5.69 Å². The highest BCUT2D eigenvalue weighted by molar-refractivity contribution is 6.31. The number of aromatic nitrogens is 1. The van der Waals surface area contributed by atoms with Crippen LogP contribution in [0, 0.1) is 25.2 Å². The lowest BCUT2D eigenvalue weighted by molar-refractivity contribution is -0.112. The van der Waals surface area contributed by atoms with E-state index in [1.165, 1.54) is 0 Å². The highest BCUT2D eigenvalue weighted by Crippen LogP contribution is 2.26. The maximum absolute atomic E-state index is 12.7. The summed E-state index contributed by atoms with van der Waals surface area (Å²) in [5.74, 6) is -0.475. The van der Waals surface area contributed by atoms with E-state index < -0.39 is 5.91 Å². The van der Waals surface area contributed by atoms with Gasteiger partial charge in [0.05, 0.1) is 0 Å². The number of nitrogens with one attached hydrogen (secondary N) is 1. The highest BCUT2D eigenvalue weighted by Gasteiger charge is 2.14. The Morgan fingerprint density at radius 3 is 2.30 bits per heavy atom. The number of hydrogen-bond acceptors (Lipinski definition) is 2. The molecule has 0 saturated carbocycles. The number of nitrogens with zero attached hydrogens (tertiary/aromatic N) is 2. The first-order valence-corrected chi connectivity index (χ1v) is 10.9. The molecule has 0 fully saturated rings. The Bertz CT molecular complexity index is 1380. The lowest BCUT2D eigenvalue weighted by Gasteiger charge is -2.11. The third-order valence-corrected chi connectivity index (χ3v) is 5.69. The normalized spacial score (nSPS) is 11.2. The van der Waals surface area contributed by atoms with Crippen molar-refractivity contribution < 1.29 is 4.79 Å². The number of carbonyl (C=O) groups is 1. The molecule has 162 valence electrons. The monoisotopic (exact) mass is 451 g/mol. The molecule has 0 aliphatic heterocycles. The van der Waals surface area contributed by atoms with E-state index in [0.29, 0.717) is 10.7 Å². The fourth-order valence-electron chi connectivity index (χ4n) is 3.83. The first-order chi connectivity index (χ1) is 16.0. The van der Waals surface area contributed by atoms with E-state index in [0.717, 1.165) is 33.8 Å². The molecule has 33 heavy (non-hydrogen) atoms. The Morgan fingerprint density at radius 1 is 0.939 bits per heavy atom. The molecule has 0 saturated heterocycles. The number of aryl methyl sites for hydroxylation is 1. The minimum Gasteiger partial charge on any atom is -0.321 e. The van der Waals surface area contributed by atoms with Crippen LogP contribution in [0.5, 0.6) is 0 Å². The number of rotatable bonds is 5. The Hall–Kier alpha value is -4.07. The van der Waals surface area contributed by atoms with E-state index in [1.807, 2.05) is 44.2 Å². The van der Waals surface area contributed by atoms with Crippen molar-refractivity contribution in [2.45, 2.75) is 13.8 Å². The van der Waals surface area contributed by atoms with Crippen molar-refractivity contribution in [3.05, 3.63) is 112 Å². The van der Waals surface area contributed by atoms with Gasteiger partial charge >= 0.3 is 0 Å². The molecule has 1 aromatic heterocycles. The Morgan fingerprint density at radius 2 is 1.64 bits per heavy atom. The first-order valence-electron chi connectivity index (χ1n) is 10.5. The highest BCUT2D eigenvalue weighted by atomic mass is 35.5. The zero-order valence-corrected chi connectivity index (χ0v) is 19.1. The number of hydrogen-bond donors (Lipinski definition) is 1.